The third-order valence-electron chi connectivity index (χ3n) is 3.76. The van der Waals surface area contributed by atoms with Crippen molar-refractivity contribution in [3.05, 3.63) is 0 Å². The van der Waals surface area contributed by atoms with Crippen molar-refractivity contribution in [3.8, 4) is 0 Å². The van der Waals surface area contributed by atoms with Crippen LogP contribution in [0.15, 0.2) is 0 Å². The van der Waals surface area contributed by atoms with E-state index in [-0.39, 0.29) is 0 Å². The summed E-state index contributed by atoms with van der Waals surface area (Å²) in [4.78, 5) is 11.2. The molecular weight excluding hydrogens is 178 g/mol. The van der Waals surface area contributed by atoms with Gasteiger partial charge in [-0.15, -0.1) is 0 Å². The molecule has 80 valence electrons. The number of aliphatic carboxylic acids is 1. The fourth-order valence-electron chi connectivity index (χ4n) is 2.96. The highest BCUT2D eigenvalue weighted by atomic mass is 16.4. The molecule has 3 heteroatoms. The molecule has 0 aromatic heterocycles. The highest BCUT2D eigenvalue weighted by molar-refractivity contribution is 5.79. The molecule has 0 aromatic carbocycles. The Morgan fingerprint density at radius 3 is 2.57 bits per heavy atom. The van der Waals surface area contributed by atoms with Crippen LogP contribution < -0.4 is 5.32 Å². The van der Waals surface area contributed by atoms with E-state index in [1.165, 1.54) is 25.7 Å². The third-order valence-corrected chi connectivity index (χ3v) is 3.76. The second-order valence-electron chi connectivity index (χ2n) is 4.77. The molecule has 2 aliphatic rings. The molecule has 1 atom stereocenters. The lowest BCUT2D eigenvalue weighted by Gasteiger charge is -2.27. The van der Waals surface area contributed by atoms with Crippen molar-refractivity contribution in [2.45, 2.75) is 50.5 Å². The highest BCUT2D eigenvalue weighted by Gasteiger charge is 2.42. The maximum Gasteiger partial charge on any atom is 0.323 e. The topological polar surface area (TPSA) is 49.3 Å². The minimum Gasteiger partial charge on any atom is -0.480 e. The van der Waals surface area contributed by atoms with Gasteiger partial charge in [-0.05, 0) is 31.7 Å². The van der Waals surface area contributed by atoms with Gasteiger partial charge in [-0.3, -0.25) is 4.79 Å². The molecule has 2 N–H and O–H groups in total. The van der Waals surface area contributed by atoms with Crippen molar-refractivity contribution < 1.29 is 9.90 Å². The highest BCUT2D eigenvalue weighted by Crippen LogP contribution is 2.35. The zero-order chi connectivity index (χ0) is 10.0. The van der Waals surface area contributed by atoms with Crippen LogP contribution in [0.1, 0.15) is 44.9 Å². The van der Waals surface area contributed by atoms with Gasteiger partial charge in [0.25, 0.3) is 0 Å². The summed E-state index contributed by atoms with van der Waals surface area (Å²) in [6, 6.07) is 0. The van der Waals surface area contributed by atoms with Crippen molar-refractivity contribution in [3.63, 3.8) is 0 Å². The summed E-state index contributed by atoms with van der Waals surface area (Å²) in [6.45, 7) is 0.874. The Morgan fingerprint density at radius 2 is 2.07 bits per heavy atom. The molecule has 14 heavy (non-hydrogen) atoms. The van der Waals surface area contributed by atoms with Gasteiger partial charge < -0.3 is 10.4 Å². The van der Waals surface area contributed by atoms with Gasteiger partial charge in [0, 0.05) is 0 Å². The van der Waals surface area contributed by atoms with Crippen molar-refractivity contribution in [1.82, 2.24) is 5.32 Å². The minimum absolute atomic E-state index is 0.574. The first-order valence-electron chi connectivity index (χ1n) is 5.71. The molecule has 1 aliphatic carbocycles. The number of hydrogen-bond acceptors (Lipinski definition) is 2. The average Bonchev–Trinajstić information content (AvgIpc) is 2.76. The van der Waals surface area contributed by atoms with Crippen LogP contribution >= 0.6 is 0 Å². The maximum absolute atomic E-state index is 11.2. The van der Waals surface area contributed by atoms with E-state index >= 15 is 0 Å². The van der Waals surface area contributed by atoms with Gasteiger partial charge >= 0.3 is 5.97 Å². The molecule has 1 saturated carbocycles. The molecular formula is C11H19NO2. The number of carboxylic acids is 1. The average molecular weight is 197 g/mol. The van der Waals surface area contributed by atoms with Crippen LogP contribution in [0.4, 0.5) is 0 Å². The van der Waals surface area contributed by atoms with E-state index in [1.807, 2.05) is 0 Å². The lowest BCUT2D eigenvalue weighted by atomic mass is 9.85. The second kappa shape index (κ2) is 3.89. The van der Waals surface area contributed by atoms with E-state index in [0.29, 0.717) is 5.92 Å². The summed E-state index contributed by atoms with van der Waals surface area (Å²) >= 11 is 0. The van der Waals surface area contributed by atoms with E-state index in [2.05, 4.69) is 5.32 Å². The van der Waals surface area contributed by atoms with Crippen LogP contribution in [-0.2, 0) is 4.79 Å². The monoisotopic (exact) mass is 197 g/mol. The number of nitrogens with one attached hydrogen (secondary N) is 1. The molecule has 0 radical (unpaired) electrons. The van der Waals surface area contributed by atoms with E-state index in [4.69, 9.17) is 0 Å². The Morgan fingerprint density at radius 1 is 1.36 bits per heavy atom. The molecule has 3 nitrogen and oxygen atoms in total. The SMILES string of the molecule is O=C(O)C1(CC2CCCC2)CCCN1. The zero-order valence-corrected chi connectivity index (χ0v) is 8.59. The first-order chi connectivity index (χ1) is 6.73. The van der Waals surface area contributed by atoms with Crippen molar-refractivity contribution in [2.75, 3.05) is 6.54 Å². The standard InChI is InChI=1S/C11H19NO2/c13-10(14)11(6-3-7-12-11)8-9-4-1-2-5-9/h9,12H,1-8H2,(H,13,14). The van der Waals surface area contributed by atoms with Crippen LogP contribution in [0, 0.1) is 5.92 Å². The predicted molar refractivity (Wildman–Crippen MR) is 54.2 cm³/mol. The zero-order valence-electron chi connectivity index (χ0n) is 8.59. The number of carbonyl (C=O) groups is 1. The molecule has 1 aliphatic heterocycles. The minimum atomic E-state index is -0.637. The van der Waals surface area contributed by atoms with Crippen LogP contribution in [-0.4, -0.2) is 23.2 Å². The van der Waals surface area contributed by atoms with Crippen LogP contribution in [0.5, 0.6) is 0 Å². The second-order valence-corrected chi connectivity index (χ2v) is 4.77. The van der Waals surface area contributed by atoms with Crippen molar-refractivity contribution in [1.29, 1.82) is 0 Å². The van der Waals surface area contributed by atoms with Gasteiger partial charge in [-0.25, -0.2) is 0 Å². The molecule has 0 amide bonds. The summed E-state index contributed by atoms with van der Waals surface area (Å²) in [5.41, 5.74) is -0.574. The Bertz CT molecular complexity index is 215. The Hall–Kier alpha value is -0.570. The lowest BCUT2D eigenvalue weighted by Crippen LogP contribution is -2.48. The molecule has 1 unspecified atom stereocenters. The molecule has 1 saturated heterocycles. The van der Waals surface area contributed by atoms with Crippen molar-refractivity contribution in [2.24, 2.45) is 5.92 Å². The maximum atomic E-state index is 11.2. The van der Waals surface area contributed by atoms with Crippen LogP contribution in [0.25, 0.3) is 0 Å². The van der Waals surface area contributed by atoms with Gasteiger partial charge in [0.15, 0.2) is 0 Å². The summed E-state index contributed by atoms with van der Waals surface area (Å²) < 4.78 is 0. The van der Waals surface area contributed by atoms with Gasteiger partial charge in [0.05, 0.1) is 0 Å². The number of rotatable bonds is 3. The third kappa shape index (κ3) is 1.78. The molecule has 2 rings (SSSR count). The van der Waals surface area contributed by atoms with E-state index in [1.54, 1.807) is 0 Å². The Labute approximate surface area is 84.9 Å². The lowest BCUT2D eigenvalue weighted by molar-refractivity contribution is -0.145. The Balaban J connectivity index is 1.99. The smallest absolute Gasteiger partial charge is 0.323 e. The summed E-state index contributed by atoms with van der Waals surface area (Å²) in [6.07, 6.45) is 7.73. The van der Waals surface area contributed by atoms with Gasteiger partial charge in [0.1, 0.15) is 5.54 Å². The molecule has 1 heterocycles. The largest absolute Gasteiger partial charge is 0.480 e. The fourth-order valence-corrected chi connectivity index (χ4v) is 2.96. The van der Waals surface area contributed by atoms with Gasteiger partial charge in [-0.2, -0.15) is 0 Å². The predicted octanol–water partition coefficient (Wildman–Crippen LogP) is 1.77. The van der Waals surface area contributed by atoms with E-state index in [0.717, 1.165) is 25.8 Å². The molecule has 2 fully saturated rings. The number of hydrogen-bond donors (Lipinski definition) is 2. The molecule has 0 bridgehead atoms. The number of carboxylic acid groups (broad SMARTS) is 1. The van der Waals surface area contributed by atoms with Crippen LogP contribution in [0.3, 0.4) is 0 Å². The first-order valence-corrected chi connectivity index (χ1v) is 5.71. The summed E-state index contributed by atoms with van der Waals surface area (Å²) in [7, 11) is 0. The van der Waals surface area contributed by atoms with Gasteiger partial charge in [0.2, 0.25) is 0 Å². The fraction of sp³-hybridized carbons (Fsp3) is 0.909. The van der Waals surface area contributed by atoms with E-state index < -0.39 is 11.5 Å². The van der Waals surface area contributed by atoms with Gasteiger partial charge in [-0.1, -0.05) is 25.7 Å². The first kappa shape index (κ1) is 9.97. The van der Waals surface area contributed by atoms with E-state index in [9.17, 15) is 9.90 Å². The summed E-state index contributed by atoms with van der Waals surface area (Å²) in [5.74, 6) is 0.0126. The quantitative estimate of drug-likeness (QED) is 0.725. The summed E-state index contributed by atoms with van der Waals surface area (Å²) in [5, 5.41) is 12.5. The normalized spacial score (nSPS) is 33.7. The molecule has 0 spiro atoms. The molecule has 0 aromatic rings. The van der Waals surface area contributed by atoms with Crippen LogP contribution in [0.2, 0.25) is 0 Å². The Kier molecular flexibility index (Phi) is 2.77. The van der Waals surface area contributed by atoms with Crippen molar-refractivity contribution >= 4 is 5.97 Å².